The standard InChI is InChI=1S/C10H15N/c11-10-7-3-5-8-4-1-2-6-9(8)10/h1-2,6,8,10H,3-5,7,11H2/i3D2,4D,5D2,7D2,8D,10D. The van der Waals surface area contributed by atoms with E-state index in [4.69, 9.17) is 18.1 Å². The van der Waals surface area contributed by atoms with E-state index >= 15 is 0 Å². The van der Waals surface area contributed by atoms with E-state index in [2.05, 4.69) is 0 Å². The molecule has 60 valence electrons. The Morgan fingerprint density at radius 2 is 2.55 bits per heavy atom. The first kappa shape index (κ1) is 2.23. The van der Waals surface area contributed by atoms with Crippen LogP contribution in [-0.4, -0.2) is 6.02 Å². The maximum absolute atomic E-state index is 8.29. The fourth-order valence-corrected chi connectivity index (χ4v) is 1.06. The molecule has 0 aromatic rings. The molecule has 0 aliphatic heterocycles. The van der Waals surface area contributed by atoms with Crippen LogP contribution in [-0.2, 0) is 0 Å². The molecule has 0 amide bonds. The van der Waals surface area contributed by atoms with Crippen LogP contribution in [0.3, 0.4) is 0 Å². The van der Waals surface area contributed by atoms with Crippen LogP contribution in [0.25, 0.3) is 0 Å². The Hall–Kier alpha value is -0.560. The maximum Gasteiger partial charge on any atom is 0.0510 e. The normalized spacial score (nSPS) is 82.1. The lowest BCUT2D eigenvalue weighted by molar-refractivity contribution is 0.418. The molecule has 0 radical (unpaired) electrons. The van der Waals surface area contributed by atoms with Crippen molar-refractivity contribution in [2.24, 2.45) is 11.6 Å². The maximum atomic E-state index is 8.29. The minimum atomic E-state index is -3.19. The second-order valence-corrected chi connectivity index (χ2v) is 2.33. The van der Waals surface area contributed by atoms with Gasteiger partial charge in [-0.15, -0.1) is 0 Å². The molecule has 0 aromatic carbocycles. The quantitative estimate of drug-likeness (QED) is 0.573. The molecule has 0 saturated heterocycles. The first-order valence-electron chi connectivity index (χ1n) is 7.94. The average molecular weight is 158 g/mol. The van der Waals surface area contributed by atoms with Crippen molar-refractivity contribution in [2.75, 3.05) is 0 Å². The second kappa shape index (κ2) is 2.82. The fraction of sp³-hybridized carbons (Fsp3) is 0.600. The van der Waals surface area contributed by atoms with Gasteiger partial charge in [0, 0.05) is 17.0 Å². The Balaban J connectivity index is 2.84. The van der Waals surface area contributed by atoms with E-state index in [0.717, 1.165) is 6.08 Å². The topological polar surface area (TPSA) is 26.0 Å². The molecule has 11 heavy (non-hydrogen) atoms. The van der Waals surface area contributed by atoms with E-state index in [-0.39, 0.29) is 0 Å². The lowest BCUT2D eigenvalue weighted by atomic mass is 9.77. The van der Waals surface area contributed by atoms with Crippen LogP contribution in [0.15, 0.2) is 23.8 Å². The number of hydrogen-bond donors (Lipinski definition) is 1. The molecule has 2 aliphatic carbocycles. The Labute approximate surface area is 80.6 Å². The Morgan fingerprint density at radius 3 is 3.45 bits per heavy atom. The number of nitrogens with two attached hydrogens (primary N) is 1. The van der Waals surface area contributed by atoms with E-state index < -0.39 is 43.0 Å². The van der Waals surface area contributed by atoms with Crippen molar-refractivity contribution < 1.29 is 12.3 Å². The zero-order valence-corrected chi connectivity index (χ0v) is 5.89. The van der Waals surface area contributed by atoms with Gasteiger partial charge in [0.2, 0.25) is 0 Å². The van der Waals surface area contributed by atoms with Crippen LogP contribution in [0.5, 0.6) is 0 Å². The third-order valence-electron chi connectivity index (χ3n) is 1.61. The van der Waals surface area contributed by atoms with Crippen molar-refractivity contribution in [3.8, 4) is 0 Å². The van der Waals surface area contributed by atoms with Gasteiger partial charge in [-0.25, -0.2) is 0 Å². The van der Waals surface area contributed by atoms with Gasteiger partial charge >= 0.3 is 0 Å². The zero-order chi connectivity index (χ0) is 15.8. The van der Waals surface area contributed by atoms with Gasteiger partial charge in [0.05, 0.1) is 1.37 Å². The zero-order valence-electron chi connectivity index (χ0n) is 14.9. The summed E-state index contributed by atoms with van der Waals surface area (Å²) in [5, 5.41) is 0. The molecule has 3 unspecified atom stereocenters. The summed E-state index contributed by atoms with van der Waals surface area (Å²) < 4.78 is 71.2. The van der Waals surface area contributed by atoms with E-state index in [1.54, 1.807) is 0 Å². The first-order chi connectivity index (χ1) is 8.76. The van der Waals surface area contributed by atoms with E-state index in [9.17, 15) is 0 Å². The minimum absolute atomic E-state index is 0.419. The summed E-state index contributed by atoms with van der Waals surface area (Å²) in [4.78, 5) is 0. The molecule has 1 saturated carbocycles. The van der Waals surface area contributed by atoms with Crippen LogP contribution >= 0.6 is 0 Å². The van der Waals surface area contributed by atoms with Crippen LogP contribution in [0.4, 0.5) is 0 Å². The van der Waals surface area contributed by atoms with Crippen LogP contribution in [0, 0.1) is 5.89 Å². The largest absolute Gasteiger partial charge is 0.324 e. The summed E-state index contributed by atoms with van der Waals surface area (Å²) in [6.07, 6.45) is -7.06. The first-order valence-corrected chi connectivity index (χ1v) is 3.37. The lowest BCUT2D eigenvalue weighted by Crippen LogP contribution is -2.31. The molecule has 1 fully saturated rings. The predicted molar refractivity (Wildman–Crippen MR) is 47.2 cm³/mol. The van der Waals surface area contributed by atoms with Gasteiger partial charge in [0.25, 0.3) is 0 Å². The van der Waals surface area contributed by atoms with Gasteiger partial charge in [0.15, 0.2) is 0 Å². The molecule has 1 nitrogen and oxygen atoms in total. The summed E-state index contributed by atoms with van der Waals surface area (Å²) in [5.41, 5.74) is 5.21. The van der Waals surface area contributed by atoms with Gasteiger partial charge in [-0.1, -0.05) is 30.2 Å². The van der Waals surface area contributed by atoms with E-state index in [1.807, 2.05) is 0 Å². The third kappa shape index (κ3) is 1.25. The molecule has 2 aliphatic rings. The highest BCUT2D eigenvalue weighted by Crippen LogP contribution is 2.33. The van der Waals surface area contributed by atoms with Gasteiger partial charge in [-0.05, 0) is 25.0 Å². The molecule has 1 heteroatoms. The Kier molecular flexibility index (Phi) is 0.571. The predicted octanol–water partition coefficient (Wildman–Crippen LogP) is 2.00. The van der Waals surface area contributed by atoms with E-state index in [1.165, 1.54) is 12.2 Å². The Morgan fingerprint density at radius 1 is 1.64 bits per heavy atom. The smallest absolute Gasteiger partial charge is 0.0510 e. The summed E-state index contributed by atoms with van der Waals surface area (Å²) in [6.45, 7) is 0. The van der Waals surface area contributed by atoms with Gasteiger partial charge in [-0.2, -0.15) is 0 Å². The average Bonchev–Trinajstić information content (AvgIpc) is 2.30. The van der Waals surface area contributed by atoms with E-state index in [0.29, 0.717) is 0 Å². The Bertz CT molecular complexity index is 507. The van der Waals surface area contributed by atoms with Crippen molar-refractivity contribution in [3.63, 3.8) is 0 Å². The third-order valence-corrected chi connectivity index (χ3v) is 1.61. The molecule has 0 bridgehead atoms. The molecule has 0 aromatic heterocycles. The molecule has 3 atom stereocenters. The summed E-state index contributed by atoms with van der Waals surface area (Å²) >= 11 is 0. The van der Waals surface area contributed by atoms with Gasteiger partial charge in [0.1, 0.15) is 0 Å². The second-order valence-electron chi connectivity index (χ2n) is 2.33. The molecular weight excluding hydrogens is 134 g/mol. The van der Waals surface area contributed by atoms with Crippen molar-refractivity contribution in [1.29, 1.82) is 0 Å². The SMILES string of the molecule is [2H]C1C=CC=C2C([2H])(N)C([2H])([2H])C([2H])([2H])C([2H])([2H])C21[2H]. The number of fused-ring (bicyclic) bond motifs is 1. The van der Waals surface area contributed by atoms with Crippen molar-refractivity contribution in [2.45, 2.75) is 31.5 Å². The number of hydrogen-bond acceptors (Lipinski definition) is 1. The monoisotopic (exact) mass is 158 g/mol. The van der Waals surface area contributed by atoms with Gasteiger partial charge < -0.3 is 5.73 Å². The number of rotatable bonds is 0. The highest BCUT2D eigenvalue weighted by Gasteiger charge is 2.24. The molecular formula is C10H15N. The minimum Gasteiger partial charge on any atom is -0.324 e. The highest BCUT2D eigenvalue weighted by atomic mass is 14.6. The fourth-order valence-electron chi connectivity index (χ4n) is 1.06. The number of allylic oxidation sites excluding steroid dienone is 3. The van der Waals surface area contributed by atoms with Gasteiger partial charge in [-0.3, -0.25) is 0 Å². The summed E-state index contributed by atoms with van der Waals surface area (Å²) in [7, 11) is 0. The molecule has 2 rings (SSSR count). The van der Waals surface area contributed by atoms with Crippen molar-refractivity contribution in [3.05, 3.63) is 23.8 Å². The van der Waals surface area contributed by atoms with Crippen molar-refractivity contribution in [1.82, 2.24) is 0 Å². The summed E-state index contributed by atoms with van der Waals surface area (Å²) in [6, 6.07) is -2.63. The van der Waals surface area contributed by atoms with Crippen LogP contribution < -0.4 is 5.73 Å². The molecule has 2 N–H and O–H groups in total. The van der Waals surface area contributed by atoms with Crippen molar-refractivity contribution >= 4 is 0 Å². The molecule has 0 spiro atoms. The lowest BCUT2D eigenvalue weighted by Gasteiger charge is -2.31. The summed E-state index contributed by atoms with van der Waals surface area (Å²) in [5.74, 6) is -2.45. The highest BCUT2D eigenvalue weighted by molar-refractivity contribution is 5.26. The van der Waals surface area contributed by atoms with Crippen LogP contribution in [0.1, 0.15) is 37.9 Å². The van der Waals surface area contributed by atoms with Crippen LogP contribution in [0.2, 0.25) is 0 Å². The molecule has 0 heterocycles.